The highest BCUT2D eigenvalue weighted by atomic mass is 16.1. The van der Waals surface area contributed by atoms with Crippen molar-refractivity contribution >= 4 is 17.4 Å². The second-order valence-electron chi connectivity index (χ2n) is 7.05. The van der Waals surface area contributed by atoms with Gasteiger partial charge in [0, 0.05) is 56.9 Å². The number of hydrogen-bond acceptors (Lipinski definition) is 5. The van der Waals surface area contributed by atoms with Gasteiger partial charge in [-0.1, -0.05) is 6.07 Å². The van der Waals surface area contributed by atoms with Gasteiger partial charge in [-0.25, -0.2) is 9.97 Å². The molecule has 1 aliphatic heterocycles. The number of nitrogens with zero attached hydrogens (tertiary/aromatic N) is 5. The number of rotatable bonds is 4. The molecule has 1 amide bonds. The first-order valence-corrected chi connectivity index (χ1v) is 9.21. The summed E-state index contributed by atoms with van der Waals surface area (Å²) in [7, 11) is 2.13. The van der Waals surface area contributed by atoms with Crippen LogP contribution in [0.4, 0.5) is 5.82 Å². The van der Waals surface area contributed by atoms with Crippen molar-refractivity contribution in [2.45, 2.75) is 13.5 Å². The molecule has 0 aromatic carbocycles. The van der Waals surface area contributed by atoms with Crippen molar-refractivity contribution in [3.05, 3.63) is 59.7 Å². The number of aryl methyl sites for hydroxylation is 1. The van der Waals surface area contributed by atoms with Gasteiger partial charge in [-0.3, -0.25) is 4.79 Å². The lowest BCUT2D eigenvalue weighted by Gasteiger charge is -2.34. The number of amides is 1. The molecule has 0 radical (unpaired) electrons. The van der Waals surface area contributed by atoms with Gasteiger partial charge in [-0.15, -0.1) is 0 Å². The van der Waals surface area contributed by atoms with E-state index >= 15 is 0 Å². The Balaban J connectivity index is 1.47. The van der Waals surface area contributed by atoms with Crippen molar-refractivity contribution in [1.82, 2.24) is 24.6 Å². The zero-order chi connectivity index (χ0) is 18.8. The standard InChI is InChI=1S/C20H24N6O/c1-15-5-7-26-14-17(23-18(26)12-15)20(27)22-13-16-4-3-6-21-19(16)25-10-8-24(2)9-11-25/h3-7,12,14H,8-11,13H2,1-2H3,(H,22,27). The van der Waals surface area contributed by atoms with Gasteiger partial charge >= 0.3 is 0 Å². The van der Waals surface area contributed by atoms with Gasteiger partial charge in [-0.2, -0.15) is 0 Å². The van der Waals surface area contributed by atoms with Gasteiger partial charge in [0.25, 0.3) is 5.91 Å². The van der Waals surface area contributed by atoms with Gasteiger partial charge in [0.2, 0.25) is 0 Å². The molecule has 7 heteroatoms. The second kappa shape index (κ2) is 7.36. The first-order chi connectivity index (χ1) is 13.1. The Hall–Kier alpha value is -2.93. The average Bonchev–Trinajstić information content (AvgIpc) is 3.10. The predicted molar refractivity (Wildman–Crippen MR) is 105 cm³/mol. The highest BCUT2D eigenvalue weighted by Gasteiger charge is 2.18. The highest BCUT2D eigenvalue weighted by Crippen LogP contribution is 2.19. The molecule has 4 rings (SSSR count). The lowest BCUT2D eigenvalue weighted by molar-refractivity contribution is 0.0946. The minimum absolute atomic E-state index is 0.176. The summed E-state index contributed by atoms with van der Waals surface area (Å²) >= 11 is 0. The van der Waals surface area contributed by atoms with Crippen molar-refractivity contribution in [3.8, 4) is 0 Å². The number of fused-ring (bicyclic) bond motifs is 1. The lowest BCUT2D eigenvalue weighted by atomic mass is 10.2. The number of imidazole rings is 1. The molecule has 140 valence electrons. The molecule has 7 nitrogen and oxygen atoms in total. The van der Waals surface area contributed by atoms with E-state index in [9.17, 15) is 4.79 Å². The number of carbonyl (C=O) groups is 1. The Kier molecular flexibility index (Phi) is 4.77. The van der Waals surface area contributed by atoms with E-state index in [0.29, 0.717) is 12.2 Å². The normalized spacial score (nSPS) is 15.3. The maximum atomic E-state index is 12.6. The maximum absolute atomic E-state index is 12.6. The van der Waals surface area contributed by atoms with Crippen LogP contribution in [0.15, 0.2) is 42.9 Å². The van der Waals surface area contributed by atoms with Crippen LogP contribution in [0.3, 0.4) is 0 Å². The van der Waals surface area contributed by atoms with Crippen LogP contribution >= 0.6 is 0 Å². The fraction of sp³-hybridized carbons (Fsp3) is 0.350. The fourth-order valence-corrected chi connectivity index (χ4v) is 3.33. The van der Waals surface area contributed by atoms with Crippen LogP contribution in [0.1, 0.15) is 21.6 Å². The first kappa shape index (κ1) is 17.5. The van der Waals surface area contributed by atoms with E-state index in [1.807, 2.05) is 48.0 Å². The van der Waals surface area contributed by atoms with Crippen molar-refractivity contribution in [2.24, 2.45) is 0 Å². The number of aromatic nitrogens is 3. The molecule has 0 bridgehead atoms. The van der Waals surface area contributed by atoms with E-state index in [0.717, 1.165) is 48.8 Å². The van der Waals surface area contributed by atoms with Crippen LogP contribution in [0, 0.1) is 6.92 Å². The van der Waals surface area contributed by atoms with E-state index < -0.39 is 0 Å². The fourth-order valence-electron chi connectivity index (χ4n) is 3.33. The first-order valence-electron chi connectivity index (χ1n) is 9.21. The van der Waals surface area contributed by atoms with Crippen molar-refractivity contribution in [2.75, 3.05) is 38.1 Å². The van der Waals surface area contributed by atoms with Gasteiger partial charge in [0.15, 0.2) is 0 Å². The van der Waals surface area contributed by atoms with E-state index in [1.165, 1.54) is 0 Å². The number of piperazine rings is 1. The van der Waals surface area contributed by atoms with Crippen molar-refractivity contribution < 1.29 is 4.79 Å². The highest BCUT2D eigenvalue weighted by molar-refractivity contribution is 5.92. The molecule has 0 spiro atoms. The Bertz CT molecular complexity index is 958. The van der Waals surface area contributed by atoms with Crippen LogP contribution in [0.25, 0.3) is 5.65 Å². The summed E-state index contributed by atoms with van der Waals surface area (Å²) in [5.41, 5.74) is 3.34. The molecular formula is C20H24N6O. The molecule has 0 atom stereocenters. The van der Waals surface area contributed by atoms with E-state index in [-0.39, 0.29) is 5.91 Å². The Labute approximate surface area is 158 Å². The zero-order valence-corrected chi connectivity index (χ0v) is 15.7. The number of anilines is 1. The minimum atomic E-state index is -0.176. The van der Waals surface area contributed by atoms with Crippen molar-refractivity contribution in [3.63, 3.8) is 0 Å². The summed E-state index contributed by atoms with van der Waals surface area (Å²) in [4.78, 5) is 26.2. The topological polar surface area (TPSA) is 65.8 Å². The number of hydrogen-bond donors (Lipinski definition) is 1. The summed E-state index contributed by atoms with van der Waals surface area (Å²) in [5, 5.41) is 2.99. The molecule has 1 saturated heterocycles. The zero-order valence-electron chi connectivity index (χ0n) is 15.7. The van der Waals surface area contributed by atoms with Gasteiger partial charge in [0.05, 0.1) is 0 Å². The number of carbonyl (C=O) groups excluding carboxylic acids is 1. The largest absolute Gasteiger partial charge is 0.354 e. The van der Waals surface area contributed by atoms with Gasteiger partial charge in [-0.05, 0) is 37.7 Å². The van der Waals surface area contributed by atoms with Crippen LogP contribution in [-0.4, -0.2) is 58.4 Å². The molecule has 3 aromatic rings. The quantitative estimate of drug-likeness (QED) is 0.764. The van der Waals surface area contributed by atoms with Crippen LogP contribution in [0.5, 0.6) is 0 Å². The van der Waals surface area contributed by atoms with Gasteiger partial charge < -0.3 is 19.5 Å². The molecule has 4 heterocycles. The lowest BCUT2D eigenvalue weighted by Crippen LogP contribution is -2.45. The van der Waals surface area contributed by atoms with E-state index in [2.05, 4.69) is 32.1 Å². The molecule has 27 heavy (non-hydrogen) atoms. The molecule has 1 fully saturated rings. The molecule has 3 aromatic heterocycles. The average molecular weight is 364 g/mol. The van der Waals surface area contributed by atoms with E-state index in [1.54, 1.807) is 6.20 Å². The molecule has 1 N–H and O–H groups in total. The summed E-state index contributed by atoms with van der Waals surface area (Å²) < 4.78 is 1.86. The molecular weight excluding hydrogens is 340 g/mol. The molecule has 1 aliphatic rings. The third kappa shape index (κ3) is 3.78. The summed E-state index contributed by atoms with van der Waals surface area (Å²) in [6.07, 6.45) is 5.49. The van der Waals surface area contributed by atoms with Crippen LogP contribution < -0.4 is 10.2 Å². The van der Waals surface area contributed by atoms with Crippen LogP contribution in [-0.2, 0) is 6.54 Å². The molecule has 0 aliphatic carbocycles. The minimum Gasteiger partial charge on any atom is -0.354 e. The van der Waals surface area contributed by atoms with Crippen LogP contribution in [0.2, 0.25) is 0 Å². The number of likely N-dealkylation sites (N-methyl/N-ethyl adjacent to an activating group) is 1. The Morgan fingerprint density at radius 1 is 1.22 bits per heavy atom. The van der Waals surface area contributed by atoms with E-state index in [4.69, 9.17) is 0 Å². The third-order valence-corrected chi connectivity index (χ3v) is 4.96. The Morgan fingerprint density at radius 3 is 2.85 bits per heavy atom. The smallest absolute Gasteiger partial charge is 0.271 e. The SMILES string of the molecule is Cc1ccn2cc(C(=O)NCc3cccnc3N3CCN(C)CC3)nc2c1. The predicted octanol–water partition coefficient (Wildman–Crippen LogP) is 1.72. The second-order valence-corrected chi connectivity index (χ2v) is 7.05. The number of nitrogens with one attached hydrogen (secondary N) is 1. The summed E-state index contributed by atoms with van der Waals surface area (Å²) in [5.74, 6) is 0.779. The summed E-state index contributed by atoms with van der Waals surface area (Å²) in [6.45, 7) is 6.37. The monoisotopic (exact) mass is 364 g/mol. The maximum Gasteiger partial charge on any atom is 0.271 e. The third-order valence-electron chi connectivity index (χ3n) is 4.96. The Morgan fingerprint density at radius 2 is 2.04 bits per heavy atom. The molecule has 0 saturated carbocycles. The molecule has 0 unspecified atom stereocenters. The number of pyridine rings is 2. The van der Waals surface area contributed by atoms with Crippen molar-refractivity contribution in [1.29, 1.82) is 0 Å². The summed E-state index contributed by atoms with van der Waals surface area (Å²) in [6, 6.07) is 7.89. The van der Waals surface area contributed by atoms with Gasteiger partial charge in [0.1, 0.15) is 17.2 Å².